The summed E-state index contributed by atoms with van der Waals surface area (Å²) in [4.78, 5) is 0. The molecule has 0 amide bonds. The van der Waals surface area contributed by atoms with Gasteiger partial charge in [0.2, 0.25) is 0 Å². The van der Waals surface area contributed by atoms with Gasteiger partial charge < -0.3 is 10.1 Å². The molecule has 2 aromatic carbocycles. The van der Waals surface area contributed by atoms with Crippen LogP contribution in [0.25, 0.3) is 0 Å². The van der Waals surface area contributed by atoms with E-state index in [-0.39, 0.29) is 11.9 Å². The van der Waals surface area contributed by atoms with E-state index in [1.807, 2.05) is 19.1 Å². The van der Waals surface area contributed by atoms with E-state index >= 15 is 0 Å². The lowest BCUT2D eigenvalue weighted by Crippen LogP contribution is -2.19. The third-order valence-corrected chi connectivity index (χ3v) is 3.37. The van der Waals surface area contributed by atoms with Gasteiger partial charge in [-0.1, -0.05) is 24.3 Å². The highest BCUT2D eigenvalue weighted by Gasteiger charge is 2.10. The van der Waals surface area contributed by atoms with Gasteiger partial charge in [-0.25, -0.2) is 4.39 Å². The van der Waals surface area contributed by atoms with E-state index in [9.17, 15) is 4.39 Å². The average molecular weight is 284 g/mol. The summed E-state index contributed by atoms with van der Waals surface area (Å²) < 4.78 is 18.8. The Kier molecular flexibility index (Phi) is 4.91. The molecule has 2 aromatic rings. The van der Waals surface area contributed by atoms with Gasteiger partial charge in [0.15, 0.2) is 0 Å². The van der Waals surface area contributed by atoms with Crippen LogP contribution >= 0.6 is 0 Å². The third-order valence-electron chi connectivity index (χ3n) is 3.37. The molecular weight excluding hydrogens is 267 g/mol. The smallest absolute Gasteiger partial charge is 0.136 e. The minimum atomic E-state index is -0.218. The molecule has 0 spiro atoms. The van der Waals surface area contributed by atoms with Gasteiger partial charge in [0.05, 0.1) is 12.7 Å². The van der Waals surface area contributed by atoms with E-state index in [0.717, 1.165) is 5.56 Å². The average Bonchev–Trinajstić information content (AvgIpc) is 2.52. The van der Waals surface area contributed by atoms with Gasteiger partial charge in [0, 0.05) is 18.2 Å². The van der Waals surface area contributed by atoms with Crippen molar-refractivity contribution in [1.29, 1.82) is 5.26 Å². The van der Waals surface area contributed by atoms with Crippen LogP contribution in [0.3, 0.4) is 0 Å². The molecule has 4 heteroatoms. The third kappa shape index (κ3) is 3.59. The summed E-state index contributed by atoms with van der Waals surface area (Å²) in [6.07, 6.45) is 0. The van der Waals surface area contributed by atoms with Gasteiger partial charge in [-0.05, 0) is 30.7 Å². The molecule has 2 rings (SSSR count). The number of methoxy groups -OCH3 is 1. The van der Waals surface area contributed by atoms with Crippen LogP contribution in [0.1, 0.15) is 29.7 Å². The molecule has 0 radical (unpaired) electrons. The molecule has 1 atom stereocenters. The first kappa shape index (κ1) is 15.0. The maximum atomic E-state index is 13.7. The molecular formula is C17H17FN2O. The van der Waals surface area contributed by atoms with E-state index in [1.165, 1.54) is 13.2 Å². The molecule has 108 valence electrons. The summed E-state index contributed by atoms with van der Waals surface area (Å²) in [5.74, 6) is 0.341. The zero-order chi connectivity index (χ0) is 15.2. The second kappa shape index (κ2) is 6.87. The van der Waals surface area contributed by atoms with Crippen molar-refractivity contribution in [2.24, 2.45) is 0 Å². The van der Waals surface area contributed by atoms with Crippen LogP contribution in [0, 0.1) is 17.1 Å². The first-order valence-electron chi connectivity index (χ1n) is 6.70. The highest BCUT2D eigenvalue weighted by molar-refractivity contribution is 5.45. The molecule has 0 bridgehead atoms. The Morgan fingerprint density at radius 2 is 2.05 bits per heavy atom. The van der Waals surface area contributed by atoms with Crippen LogP contribution in [0.5, 0.6) is 5.75 Å². The molecule has 0 saturated carbocycles. The number of nitrogens with zero attached hydrogens (tertiary/aromatic N) is 1. The zero-order valence-corrected chi connectivity index (χ0v) is 12.1. The molecule has 0 aliphatic carbocycles. The second-order valence-electron chi connectivity index (χ2n) is 4.77. The molecule has 21 heavy (non-hydrogen) atoms. The van der Waals surface area contributed by atoms with E-state index in [2.05, 4.69) is 11.4 Å². The lowest BCUT2D eigenvalue weighted by molar-refractivity contribution is 0.413. The molecule has 3 nitrogen and oxygen atoms in total. The number of halogens is 1. The first-order valence-corrected chi connectivity index (χ1v) is 6.70. The van der Waals surface area contributed by atoms with Crippen molar-refractivity contribution in [1.82, 2.24) is 5.32 Å². The number of hydrogen-bond acceptors (Lipinski definition) is 3. The summed E-state index contributed by atoms with van der Waals surface area (Å²) in [5, 5.41) is 12.3. The van der Waals surface area contributed by atoms with Crippen LogP contribution in [0.2, 0.25) is 0 Å². The van der Waals surface area contributed by atoms with Crippen LogP contribution in [-0.4, -0.2) is 7.11 Å². The van der Waals surface area contributed by atoms with Gasteiger partial charge >= 0.3 is 0 Å². The van der Waals surface area contributed by atoms with E-state index in [4.69, 9.17) is 10.00 Å². The normalized spacial score (nSPS) is 11.7. The number of rotatable bonds is 5. The topological polar surface area (TPSA) is 45.0 Å². The predicted molar refractivity (Wildman–Crippen MR) is 79.4 cm³/mol. The Hall–Kier alpha value is -2.38. The number of nitrogens with one attached hydrogen (secondary N) is 1. The Bertz CT molecular complexity index is 664. The summed E-state index contributed by atoms with van der Waals surface area (Å²) in [6.45, 7) is 2.46. The lowest BCUT2D eigenvalue weighted by Gasteiger charge is -2.15. The van der Waals surface area contributed by atoms with Crippen LogP contribution in [0.15, 0.2) is 42.5 Å². The monoisotopic (exact) mass is 284 g/mol. The highest BCUT2D eigenvalue weighted by atomic mass is 19.1. The summed E-state index contributed by atoms with van der Waals surface area (Å²) in [6, 6.07) is 14.1. The fraction of sp³-hybridized carbons (Fsp3) is 0.235. The molecule has 0 unspecified atom stereocenters. The molecule has 0 heterocycles. The largest absolute Gasteiger partial charge is 0.495 e. The number of hydrogen-bond donors (Lipinski definition) is 1. The van der Waals surface area contributed by atoms with Gasteiger partial charge in [0.1, 0.15) is 17.6 Å². The van der Waals surface area contributed by atoms with Gasteiger partial charge in [-0.2, -0.15) is 5.26 Å². The van der Waals surface area contributed by atoms with Crippen molar-refractivity contribution in [3.8, 4) is 11.8 Å². The quantitative estimate of drug-likeness (QED) is 0.913. The summed E-state index contributed by atoms with van der Waals surface area (Å²) in [5.41, 5.74) is 2.08. The zero-order valence-electron chi connectivity index (χ0n) is 12.1. The molecule has 0 aliphatic rings. The van der Waals surface area contributed by atoms with E-state index < -0.39 is 0 Å². The fourth-order valence-electron chi connectivity index (χ4n) is 2.16. The number of benzene rings is 2. The van der Waals surface area contributed by atoms with Crippen molar-refractivity contribution in [2.45, 2.75) is 19.5 Å². The van der Waals surface area contributed by atoms with E-state index in [1.54, 1.807) is 24.3 Å². The standard InChI is InChI=1S/C17H17FN2O/c1-12(15-5-3-4-6-16(15)18)20-11-13-7-8-17(21-2)14(9-13)10-19/h3-9,12,20H,11H2,1-2H3/t12-/m1/s1. The Morgan fingerprint density at radius 1 is 1.29 bits per heavy atom. The van der Waals surface area contributed by atoms with Gasteiger partial charge in [-0.3, -0.25) is 0 Å². The maximum Gasteiger partial charge on any atom is 0.136 e. The number of ether oxygens (including phenoxy) is 1. The van der Waals surface area contributed by atoms with E-state index in [0.29, 0.717) is 23.4 Å². The molecule has 0 aromatic heterocycles. The van der Waals surface area contributed by atoms with Crippen LogP contribution in [-0.2, 0) is 6.54 Å². The predicted octanol–water partition coefficient (Wildman–Crippen LogP) is 3.56. The van der Waals surface area contributed by atoms with Crippen molar-refractivity contribution in [3.63, 3.8) is 0 Å². The summed E-state index contributed by atoms with van der Waals surface area (Å²) in [7, 11) is 1.54. The van der Waals surface area contributed by atoms with Crippen LogP contribution < -0.4 is 10.1 Å². The molecule has 0 aliphatic heterocycles. The van der Waals surface area contributed by atoms with Crippen molar-refractivity contribution >= 4 is 0 Å². The van der Waals surface area contributed by atoms with Gasteiger partial charge in [0.25, 0.3) is 0 Å². The second-order valence-corrected chi connectivity index (χ2v) is 4.77. The Labute approximate surface area is 124 Å². The van der Waals surface area contributed by atoms with Gasteiger partial charge in [-0.15, -0.1) is 0 Å². The van der Waals surface area contributed by atoms with Crippen molar-refractivity contribution in [3.05, 3.63) is 65.0 Å². The highest BCUT2D eigenvalue weighted by Crippen LogP contribution is 2.20. The van der Waals surface area contributed by atoms with Crippen molar-refractivity contribution < 1.29 is 9.13 Å². The lowest BCUT2D eigenvalue weighted by atomic mass is 10.1. The SMILES string of the molecule is COc1ccc(CN[C@H](C)c2ccccc2F)cc1C#N. The fourth-order valence-corrected chi connectivity index (χ4v) is 2.16. The first-order chi connectivity index (χ1) is 10.2. The van der Waals surface area contributed by atoms with Crippen molar-refractivity contribution in [2.75, 3.05) is 7.11 Å². The summed E-state index contributed by atoms with van der Waals surface area (Å²) >= 11 is 0. The Morgan fingerprint density at radius 3 is 2.71 bits per heavy atom. The van der Waals surface area contributed by atoms with Crippen LogP contribution in [0.4, 0.5) is 4.39 Å². The number of nitriles is 1. The minimum absolute atomic E-state index is 0.112. The molecule has 0 saturated heterocycles. The Balaban J connectivity index is 2.07. The minimum Gasteiger partial charge on any atom is -0.495 e. The molecule has 0 fully saturated rings. The molecule has 1 N–H and O–H groups in total. The maximum absolute atomic E-state index is 13.7.